The van der Waals surface area contributed by atoms with Crippen molar-refractivity contribution in [2.24, 2.45) is 0 Å². The lowest BCUT2D eigenvalue weighted by molar-refractivity contribution is -0.136. The lowest BCUT2D eigenvalue weighted by Gasteiger charge is -2.11. The third-order valence-electron chi connectivity index (χ3n) is 5.41. The van der Waals surface area contributed by atoms with Gasteiger partial charge in [-0.25, -0.2) is 9.78 Å². The third kappa shape index (κ3) is 6.39. The van der Waals surface area contributed by atoms with Gasteiger partial charge in [0.15, 0.2) is 0 Å². The van der Waals surface area contributed by atoms with Gasteiger partial charge >= 0.3 is 5.97 Å². The molecule has 0 spiro atoms. The van der Waals surface area contributed by atoms with Crippen molar-refractivity contribution in [3.8, 4) is 5.75 Å². The maximum Gasteiger partial charge on any atom is 0.354 e. The SMILES string of the molecule is COC(=O)/C(=C/c1ccc2ccccc2n1)NC(=O)c1ccc(C(=O)NCc2cccc(O)c2)cc1Br. The van der Waals surface area contributed by atoms with Gasteiger partial charge in [0.05, 0.1) is 23.9 Å². The maximum absolute atomic E-state index is 13.0. The number of hydrogen-bond acceptors (Lipinski definition) is 6. The molecule has 0 bridgehead atoms. The minimum Gasteiger partial charge on any atom is -0.508 e. The van der Waals surface area contributed by atoms with Crippen molar-refractivity contribution in [2.75, 3.05) is 7.11 Å². The number of phenols is 1. The Labute approximate surface area is 221 Å². The number of aromatic nitrogens is 1. The molecule has 1 heterocycles. The van der Waals surface area contributed by atoms with Gasteiger partial charge < -0.3 is 20.5 Å². The van der Waals surface area contributed by atoms with Gasteiger partial charge in [-0.05, 0) is 70.0 Å². The zero-order chi connectivity index (χ0) is 26.4. The number of amides is 2. The normalized spacial score (nSPS) is 11.1. The fraction of sp³-hybridized carbons (Fsp3) is 0.0714. The number of aromatic hydroxyl groups is 1. The number of carbonyl (C=O) groups excluding carboxylic acids is 3. The van der Waals surface area contributed by atoms with Gasteiger partial charge in [0, 0.05) is 22.0 Å². The highest BCUT2D eigenvalue weighted by Crippen LogP contribution is 2.20. The summed E-state index contributed by atoms with van der Waals surface area (Å²) >= 11 is 3.34. The van der Waals surface area contributed by atoms with Crippen LogP contribution in [-0.4, -0.2) is 35.0 Å². The molecule has 4 aromatic rings. The Morgan fingerprint density at radius 1 is 0.973 bits per heavy atom. The number of rotatable bonds is 7. The molecule has 0 radical (unpaired) electrons. The van der Waals surface area contributed by atoms with Crippen LogP contribution in [0.4, 0.5) is 0 Å². The number of esters is 1. The predicted molar refractivity (Wildman–Crippen MR) is 143 cm³/mol. The number of fused-ring (bicyclic) bond motifs is 1. The quantitative estimate of drug-likeness (QED) is 0.225. The molecule has 186 valence electrons. The molecule has 0 aliphatic heterocycles. The molecule has 0 aliphatic carbocycles. The molecule has 9 heteroatoms. The Morgan fingerprint density at radius 3 is 2.54 bits per heavy atom. The van der Waals surface area contributed by atoms with Crippen molar-refractivity contribution in [3.05, 3.63) is 111 Å². The van der Waals surface area contributed by atoms with Crippen molar-refractivity contribution in [3.63, 3.8) is 0 Å². The van der Waals surface area contributed by atoms with Crippen molar-refractivity contribution < 1.29 is 24.2 Å². The van der Waals surface area contributed by atoms with Crippen molar-refractivity contribution in [1.29, 1.82) is 0 Å². The van der Waals surface area contributed by atoms with Gasteiger partial charge in [0.1, 0.15) is 11.4 Å². The Kier molecular flexibility index (Phi) is 7.95. The highest BCUT2D eigenvalue weighted by atomic mass is 79.9. The predicted octanol–water partition coefficient (Wildman–Crippen LogP) is 4.58. The van der Waals surface area contributed by atoms with Crippen LogP contribution in [0, 0.1) is 0 Å². The van der Waals surface area contributed by atoms with Gasteiger partial charge in [-0.3, -0.25) is 9.59 Å². The molecule has 8 nitrogen and oxygen atoms in total. The van der Waals surface area contributed by atoms with E-state index in [2.05, 4.69) is 31.5 Å². The van der Waals surface area contributed by atoms with E-state index in [1.165, 1.54) is 31.4 Å². The number of carbonyl (C=O) groups is 3. The Balaban J connectivity index is 1.50. The first-order valence-corrected chi connectivity index (χ1v) is 12.0. The summed E-state index contributed by atoms with van der Waals surface area (Å²) in [6, 6.07) is 22.2. The summed E-state index contributed by atoms with van der Waals surface area (Å²) in [5.74, 6) is -1.55. The first-order chi connectivity index (χ1) is 17.8. The highest BCUT2D eigenvalue weighted by Gasteiger charge is 2.18. The van der Waals surface area contributed by atoms with Crippen molar-refractivity contribution in [1.82, 2.24) is 15.6 Å². The summed E-state index contributed by atoms with van der Waals surface area (Å²) < 4.78 is 5.19. The van der Waals surface area contributed by atoms with E-state index in [0.29, 0.717) is 15.7 Å². The monoisotopic (exact) mass is 559 g/mol. The molecule has 3 aromatic carbocycles. The van der Waals surface area contributed by atoms with Crippen molar-refractivity contribution >= 4 is 50.7 Å². The third-order valence-corrected chi connectivity index (χ3v) is 6.06. The van der Waals surface area contributed by atoms with Crippen LogP contribution in [0.15, 0.2) is 89.0 Å². The number of pyridine rings is 1. The van der Waals surface area contributed by atoms with Gasteiger partial charge in [0.2, 0.25) is 0 Å². The zero-order valence-electron chi connectivity index (χ0n) is 19.7. The Morgan fingerprint density at radius 2 is 1.78 bits per heavy atom. The van der Waals surface area contributed by atoms with E-state index >= 15 is 0 Å². The van der Waals surface area contributed by atoms with Crippen LogP contribution in [-0.2, 0) is 16.1 Å². The first kappa shape index (κ1) is 25.6. The molecule has 37 heavy (non-hydrogen) atoms. The second-order valence-corrected chi connectivity index (χ2v) is 8.83. The zero-order valence-corrected chi connectivity index (χ0v) is 21.3. The van der Waals surface area contributed by atoms with Gasteiger partial charge in [-0.2, -0.15) is 0 Å². The lowest BCUT2D eigenvalue weighted by Crippen LogP contribution is -2.28. The molecule has 0 unspecified atom stereocenters. The number of nitrogens with one attached hydrogen (secondary N) is 2. The molecule has 3 N–H and O–H groups in total. The second kappa shape index (κ2) is 11.5. The molecule has 0 atom stereocenters. The summed E-state index contributed by atoms with van der Waals surface area (Å²) in [7, 11) is 1.22. The molecule has 0 fully saturated rings. The van der Waals surface area contributed by atoms with Crippen LogP contribution >= 0.6 is 15.9 Å². The van der Waals surface area contributed by atoms with E-state index in [0.717, 1.165) is 16.5 Å². The van der Waals surface area contributed by atoms with E-state index in [9.17, 15) is 19.5 Å². The summed E-state index contributed by atoms with van der Waals surface area (Å²) in [4.78, 5) is 42.4. The van der Waals surface area contributed by atoms with Crippen LogP contribution < -0.4 is 10.6 Å². The summed E-state index contributed by atoms with van der Waals surface area (Å²) in [6.07, 6.45) is 1.44. The van der Waals surface area contributed by atoms with Gasteiger partial charge in [-0.15, -0.1) is 0 Å². The average Bonchev–Trinajstić information content (AvgIpc) is 2.90. The van der Waals surface area contributed by atoms with E-state index in [1.807, 2.05) is 30.3 Å². The summed E-state index contributed by atoms with van der Waals surface area (Å²) in [6.45, 7) is 0.225. The van der Waals surface area contributed by atoms with E-state index < -0.39 is 11.9 Å². The minimum absolute atomic E-state index is 0.0879. The molecule has 4 rings (SSSR count). The minimum atomic E-state index is -0.734. The standard InChI is InChI=1S/C28H22BrN3O5/c1-37-28(36)25(15-20-11-9-18-6-2-3-8-24(18)31-20)32-27(35)22-12-10-19(14-23(22)29)26(34)30-16-17-5-4-7-21(33)13-17/h2-15,33H,16H2,1H3,(H,30,34)(H,32,35)/b25-15-. The number of benzene rings is 3. The number of halogens is 1. The smallest absolute Gasteiger partial charge is 0.354 e. The number of nitrogens with zero attached hydrogens (tertiary/aromatic N) is 1. The molecular formula is C28H22BrN3O5. The summed E-state index contributed by atoms with van der Waals surface area (Å²) in [5.41, 5.74) is 2.41. The first-order valence-electron chi connectivity index (χ1n) is 11.2. The molecule has 0 aliphatic rings. The fourth-order valence-corrected chi connectivity index (χ4v) is 4.11. The van der Waals surface area contributed by atoms with E-state index in [4.69, 9.17) is 4.74 Å². The molecule has 0 saturated carbocycles. The Hall–Kier alpha value is -4.50. The number of hydrogen-bond donors (Lipinski definition) is 3. The number of phenolic OH excluding ortho intramolecular Hbond substituents is 1. The van der Waals surface area contributed by atoms with Gasteiger partial charge in [0.25, 0.3) is 11.8 Å². The van der Waals surface area contributed by atoms with E-state index in [-0.39, 0.29) is 29.5 Å². The van der Waals surface area contributed by atoms with Crippen LogP contribution in [0.2, 0.25) is 0 Å². The van der Waals surface area contributed by atoms with Crippen LogP contribution in [0.5, 0.6) is 5.75 Å². The molecule has 1 aromatic heterocycles. The largest absolute Gasteiger partial charge is 0.508 e. The topological polar surface area (TPSA) is 118 Å². The molecular weight excluding hydrogens is 538 g/mol. The van der Waals surface area contributed by atoms with Crippen LogP contribution in [0.3, 0.4) is 0 Å². The van der Waals surface area contributed by atoms with E-state index in [1.54, 1.807) is 30.3 Å². The average molecular weight is 560 g/mol. The Bertz CT molecular complexity index is 1530. The van der Waals surface area contributed by atoms with Gasteiger partial charge in [-0.1, -0.05) is 36.4 Å². The van der Waals surface area contributed by atoms with Crippen LogP contribution in [0.1, 0.15) is 32.0 Å². The fourth-order valence-electron chi connectivity index (χ4n) is 3.55. The van der Waals surface area contributed by atoms with Crippen LogP contribution in [0.25, 0.3) is 17.0 Å². The summed E-state index contributed by atoms with van der Waals surface area (Å²) in [5, 5.41) is 15.8. The molecule has 0 saturated heterocycles. The maximum atomic E-state index is 13.0. The molecule has 2 amide bonds. The van der Waals surface area contributed by atoms with Crippen molar-refractivity contribution in [2.45, 2.75) is 6.54 Å². The number of ether oxygens (including phenoxy) is 1. The second-order valence-electron chi connectivity index (χ2n) is 7.98. The highest BCUT2D eigenvalue weighted by molar-refractivity contribution is 9.10. The lowest BCUT2D eigenvalue weighted by atomic mass is 10.1. The number of methoxy groups -OCH3 is 1. The number of para-hydroxylation sites is 1.